The SMILES string of the molecule is CC(C)(C)c1cc(C=Nc2cc(C(C)(C)C)ccc2O)c(O)c(C=Nc2cc(C(C)(C)C)ccc2O)c1.O.[Fe].[Fe]. The van der Waals surface area contributed by atoms with Gasteiger partial charge in [0, 0.05) is 57.7 Å². The van der Waals surface area contributed by atoms with Crippen LogP contribution in [0, 0.1) is 0 Å². The van der Waals surface area contributed by atoms with Gasteiger partial charge in [-0.05, 0) is 69.3 Å². The molecule has 0 aliphatic heterocycles. The first kappa shape index (κ1) is 37.4. The van der Waals surface area contributed by atoms with Crippen LogP contribution in [0.15, 0.2) is 58.5 Å². The Morgan fingerprint density at radius 1 is 0.525 bits per heavy atom. The molecular formula is C32H42Fe2N2O4. The molecule has 0 radical (unpaired) electrons. The number of rotatable bonds is 4. The summed E-state index contributed by atoms with van der Waals surface area (Å²) in [5, 5.41) is 31.9. The standard InChI is InChI=1S/C32H40N2O3.2Fe.H2O/c1-30(2,3)22-10-12-27(35)25(16-22)33-18-20-14-24(32(7,8)9)15-21(29(20)37)19-34-26-17-23(31(4,5)6)11-13-28(26)36;;;/h10-19,35-37H,1-9H3;;;1H2. The fraction of sp³-hybridized carbons (Fsp3) is 0.375. The Labute approximate surface area is 260 Å². The average Bonchev–Trinajstić information content (AvgIpc) is 2.77. The predicted octanol–water partition coefficient (Wildman–Crippen LogP) is 7.37. The van der Waals surface area contributed by atoms with Gasteiger partial charge in [0.15, 0.2) is 0 Å². The van der Waals surface area contributed by atoms with Gasteiger partial charge in [-0.1, -0.05) is 74.4 Å². The van der Waals surface area contributed by atoms with Crippen LogP contribution in [0.5, 0.6) is 17.2 Å². The molecular weight excluding hydrogens is 588 g/mol. The molecule has 3 aromatic carbocycles. The molecule has 5 N–H and O–H groups in total. The Balaban J connectivity index is 0.00000507. The van der Waals surface area contributed by atoms with Crippen LogP contribution in [0.4, 0.5) is 11.4 Å². The molecule has 0 atom stereocenters. The van der Waals surface area contributed by atoms with Crippen molar-refractivity contribution in [3.8, 4) is 17.2 Å². The van der Waals surface area contributed by atoms with Crippen molar-refractivity contribution >= 4 is 23.8 Å². The summed E-state index contributed by atoms with van der Waals surface area (Å²) in [7, 11) is 0. The van der Waals surface area contributed by atoms with E-state index in [9.17, 15) is 15.3 Å². The van der Waals surface area contributed by atoms with E-state index in [2.05, 4.69) is 72.3 Å². The van der Waals surface area contributed by atoms with Crippen molar-refractivity contribution in [1.29, 1.82) is 0 Å². The van der Waals surface area contributed by atoms with E-state index in [0.29, 0.717) is 22.5 Å². The van der Waals surface area contributed by atoms with Crippen LogP contribution in [0.1, 0.15) is 90.1 Å². The molecule has 0 aliphatic rings. The maximum absolute atomic E-state index is 11.1. The number of hydrogen-bond acceptors (Lipinski definition) is 5. The summed E-state index contributed by atoms with van der Waals surface area (Å²) in [4.78, 5) is 9.05. The first-order valence-electron chi connectivity index (χ1n) is 12.6. The normalized spacial score (nSPS) is 12.1. The minimum Gasteiger partial charge on any atom is -0.507 e. The molecule has 40 heavy (non-hydrogen) atoms. The van der Waals surface area contributed by atoms with Gasteiger partial charge < -0.3 is 20.8 Å². The first-order chi connectivity index (χ1) is 17.0. The average molecular weight is 630 g/mol. The van der Waals surface area contributed by atoms with Crippen LogP contribution >= 0.6 is 0 Å². The van der Waals surface area contributed by atoms with Crippen molar-refractivity contribution in [3.63, 3.8) is 0 Å². The van der Waals surface area contributed by atoms with E-state index in [1.54, 1.807) is 24.6 Å². The number of nitrogens with zero attached hydrogens (tertiary/aromatic N) is 2. The smallest absolute Gasteiger partial charge is 0.141 e. The van der Waals surface area contributed by atoms with Gasteiger partial charge in [-0.3, -0.25) is 9.98 Å². The van der Waals surface area contributed by atoms with E-state index < -0.39 is 0 Å². The maximum Gasteiger partial charge on any atom is 0.141 e. The van der Waals surface area contributed by atoms with E-state index in [1.165, 1.54) is 0 Å². The number of aromatic hydroxyl groups is 3. The van der Waals surface area contributed by atoms with Crippen LogP contribution in [0.2, 0.25) is 0 Å². The molecule has 0 unspecified atom stereocenters. The van der Waals surface area contributed by atoms with E-state index >= 15 is 0 Å². The second-order valence-corrected chi connectivity index (χ2v) is 12.7. The van der Waals surface area contributed by atoms with E-state index in [-0.39, 0.29) is 73.1 Å². The summed E-state index contributed by atoms with van der Waals surface area (Å²) in [5.74, 6) is 0.178. The van der Waals surface area contributed by atoms with Gasteiger partial charge in [-0.15, -0.1) is 0 Å². The third kappa shape index (κ3) is 9.22. The molecule has 0 aliphatic carbocycles. The van der Waals surface area contributed by atoms with Crippen molar-refractivity contribution in [1.82, 2.24) is 0 Å². The second kappa shape index (κ2) is 13.8. The zero-order valence-electron chi connectivity index (χ0n) is 24.7. The molecule has 0 heterocycles. The summed E-state index contributed by atoms with van der Waals surface area (Å²) in [6, 6.07) is 14.6. The quantitative estimate of drug-likeness (QED) is 0.207. The van der Waals surface area contributed by atoms with E-state index in [0.717, 1.165) is 16.7 Å². The third-order valence-electron chi connectivity index (χ3n) is 6.40. The van der Waals surface area contributed by atoms with Crippen LogP contribution in [0.3, 0.4) is 0 Å². The van der Waals surface area contributed by atoms with Crippen LogP contribution in [0.25, 0.3) is 0 Å². The molecule has 6 nitrogen and oxygen atoms in total. The first-order valence-corrected chi connectivity index (χ1v) is 12.6. The largest absolute Gasteiger partial charge is 0.507 e. The van der Waals surface area contributed by atoms with Crippen molar-refractivity contribution in [2.45, 2.75) is 78.6 Å². The number of aliphatic imine (C=N–C) groups is 2. The summed E-state index contributed by atoms with van der Waals surface area (Å²) in [6.07, 6.45) is 3.14. The Morgan fingerprint density at radius 2 is 0.850 bits per heavy atom. The minimum atomic E-state index is -0.193. The van der Waals surface area contributed by atoms with E-state index in [4.69, 9.17) is 0 Å². The Hall–Kier alpha value is -2.60. The van der Waals surface area contributed by atoms with Crippen LogP contribution in [-0.4, -0.2) is 33.2 Å². The zero-order valence-corrected chi connectivity index (χ0v) is 26.9. The van der Waals surface area contributed by atoms with Gasteiger partial charge in [-0.2, -0.15) is 0 Å². The molecule has 0 saturated carbocycles. The topological polar surface area (TPSA) is 117 Å². The van der Waals surface area contributed by atoms with Crippen molar-refractivity contribution in [3.05, 3.63) is 76.3 Å². The summed E-state index contributed by atoms with van der Waals surface area (Å²) in [6.45, 7) is 18.9. The molecule has 220 valence electrons. The Kier molecular flexibility index (Phi) is 12.9. The summed E-state index contributed by atoms with van der Waals surface area (Å²) >= 11 is 0. The van der Waals surface area contributed by atoms with Gasteiger partial charge in [0.25, 0.3) is 0 Å². The fourth-order valence-corrected chi connectivity index (χ4v) is 3.77. The molecule has 0 amide bonds. The van der Waals surface area contributed by atoms with Gasteiger partial charge in [0.2, 0.25) is 0 Å². The Bertz CT molecular complexity index is 1270. The molecule has 3 aromatic rings. The molecule has 0 aromatic heterocycles. The van der Waals surface area contributed by atoms with Gasteiger partial charge in [0.05, 0.1) is 0 Å². The number of hydrogen-bond donors (Lipinski definition) is 3. The summed E-state index contributed by atoms with van der Waals surface area (Å²) < 4.78 is 0. The second-order valence-electron chi connectivity index (χ2n) is 12.7. The minimum absolute atomic E-state index is 0. The molecule has 8 heteroatoms. The van der Waals surface area contributed by atoms with Crippen molar-refractivity contribution in [2.75, 3.05) is 0 Å². The van der Waals surface area contributed by atoms with Crippen LogP contribution in [-0.2, 0) is 50.4 Å². The van der Waals surface area contributed by atoms with Gasteiger partial charge in [-0.25, -0.2) is 0 Å². The van der Waals surface area contributed by atoms with Gasteiger partial charge >= 0.3 is 0 Å². The molecule has 3 rings (SSSR count). The number of phenols is 3. The third-order valence-corrected chi connectivity index (χ3v) is 6.40. The monoisotopic (exact) mass is 630 g/mol. The molecule has 0 spiro atoms. The number of benzene rings is 3. The zero-order chi connectivity index (χ0) is 27.8. The summed E-state index contributed by atoms with van der Waals surface area (Å²) in [5.41, 5.74) is 4.63. The fourth-order valence-electron chi connectivity index (χ4n) is 3.77. The Morgan fingerprint density at radius 3 is 1.15 bits per heavy atom. The van der Waals surface area contributed by atoms with Crippen molar-refractivity contribution in [2.24, 2.45) is 9.98 Å². The van der Waals surface area contributed by atoms with Crippen molar-refractivity contribution < 1.29 is 54.9 Å². The molecule has 0 saturated heterocycles. The van der Waals surface area contributed by atoms with Crippen LogP contribution < -0.4 is 0 Å². The van der Waals surface area contributed by atoms with Gasteiger partial charge in [0.1, 0.15) is 28.6 Å². The molecule has 0 bridgehead atoms. The molecule has 0 fully saturated rings. The predicted molar refractivity (Wildman–Crippen MR) is 159 cm³/mol. The number of phenolic OH excluding ortho intramolecular Hbond substituents is 3. The maximum atomic E-state index is 11.1. The van der Waals surface area contributed by atoms with E-state index in [1.807, 2.05) is 36.4 Å².